The maximum atomic E-state index is 12.1. The van der Waals surface area contributed by atoms with E-state index in [-0.39, 0.29) is 18.4 Å². The van der Waals surface area contributed by atoms with Gasteiger partial charge in [-0.25, -0.2) is 4.98 Å². The molecule has 2 aliphatic rings. The van der Waals surface area contributed by atoms with Crippen molar-refractivity contribution in [3.8, 4) is 0 Å². The number of hydrogen-bond donors (Lipinski definition) is 2. The molecule has 2 N–H and O–H groups in total. The summed E-state index contributed by atoms with van der Waals surface area (Å²) in [7, 11) is 0. The molecule has 0 saturated heterocycles. The van der Waals surface area contributed by atoms with E-state index in [9.17, 15) is 14.1 Å². The van der Waals surface area contributed by atoms with Crippen LogP contribution in [0.4, 0.5) is 5.13 Å². The van der Waals surface area contributed by atoms with Crippen molar-refractivity contribution in [3.05, 3.63) is 35.1 Å². The zero-order chi connectivity index (χ0) is 19.7. The van der Waals surface area contributed by atoms with Crippen molar-refractivity contribution in [1.82, 2.24) is 14.3 Å². The van der Waals surface area contributed by atoms with E-state index in [1.807, 2.05) is 5.38 Å². The minimum Gasteiger partial charge on any atom is -0.593 e. The predicted molar refractivity (Wildman–Crippen MR) is 110 cm³/mol. The molecule has 0 bridgehead atoms. The van der Waals surface area contributed by atoms with Crippen molar-refractivity contribution >= 4 is 39.6 Å². The van der Waals surface area contributed by atoms with Gasteiger partial charge >= 0.3 is 0 Å². The highest BCUT2D eigenvalue weighted by Gasteiger charge is 2.37. The average Bonchev–Trinajstić information content (AvgIpc) is 3.30. The summed E-state index contributed by atoms with van der Waals surface area (Å²) in [6, 6.07) is 1.57. The van der Waals surface area contributed by atoms with Gasteiger partial charge in [0.1, 0.15) is 6.26 Å². The van der Waals surface area contributed by atoms with E-state index in [0.717, 1.165) is 17.5 Å². The number of carbonyl (C=O) groups excluding carboxylic acids is 2. The van der Waals surface area contributed by atoms with Crippen LogP contribution in [0.1, 0.15) is 54.1 Å². The molecule has 9 heteroatoms. The normalized spacial score (nSPS) is 24.7. The summed E-state index contributed by atoms with van der Waals surface area (Å²) in [5.41, 5.74) is 1.45. The van der Waals surface area contributed by atoms with Crippen LogP contribution in [0, 0.1) is 11.8 Å². The fourth-order valence-electron chi connectivity index (χ4n) is 4.12. The van der Waals surface area contributed by atoms with Crippen molar-refractivity contribution in [2.45, 2.75) is 38.0 Å². The van der Waals surface area contributed by atoms with E-state index < -0.39 is 11.4 Å². The number of carbonyl (C=O) groups is 2. The van der Waals surface area contributed by atoms with Crippen LogP contribution in [0.25, 0.3) is 0 Å². The highest BCUT2D eigenvalue weighted by molar-refractivity contribution is 7.89. The van der Waals surface area contributed by atoms with Crippen LogP contribution >= 0.6 is 11.3 Å². The number of aromatic nitrogens is 2. The van der Waals surface area contributed by atoms with Crippen molar-refractivity contribution in [2.75, 3.05) is 18.1 Å². The lowest BCUT2D eigenvalue weighted by molar-refractivity contribution is -0.115. The number of thiazole rings is 1. The lowest BCUT2D eigenvalue weighted by Crippen LogP contribution is -2.33. The first-order valence-electron chi connectivity index (χ1n) is 9.55. The van der Waals surface area contributed by atoms with E-state index in [0.29, 0.717) is 16.6 Å². The van der Waals surface area contributed by atoms with Gasteiger partial charge in [-0.2, -0.15) is 3.97 Å². The number of anilines is 1. The molecule has 2 saturated carbocycles. The van der Waals surface area contributed by atoms with Crippen molar-refractivity contribution < 1.29 is 14.1 Å². The topological polar surface area (TPSA) is 99.1 Å². The van der Waals surface area contributed by atoms with Crippen LogP contribution in [0.5, 0.6) is 0 Å². The highest BCUT2D eigenvalue weighted by atomic mass is 32.2. The standard InChI is InChI=1S/C19H24N4O3S2/c1-28(26)23-7-6-15(10-23)18(25)20-9-17(24)22-19-21-16(11-27-19)14-5-3-12-2-4-13(12)8-14/h6-7,10-14H,2-5,8-9H2,1H3,(H,20,25)(H,21,22,24). The molecule has 0 aliphatic heterocycles. The second-order valence-electron chi connectivity index (χ2n) is 7.60. The Morgan fingerprint density at radius 2 is 2.11 bits per heavy atom. The molecule has 4 atom stereocenters. The second-order valence-corrected chi connectivity index (χ2v) is 9.73. The molecule has 0 radical (unpaired) electrons. The van der Waals surface area contributed by atoms with Crippen LogP contribution in [0.2, 0.25) is 0 Å². The molecular formula is C19H24N4O3S2. The third-order valence-electron chi connectivity index (χ3n) is 5.87. The Labute approximate surface area is 171 Å². The second kappa shape index (κ2) is 8.26. The number of nitrogens with one attached hydrogen (secondary N) is 2. The molecule has 2 heterocycles. The van der Waals surface area contributed by atoms with Gasteiger partial charge < -0.3 is 15.2 Å². The smallest absolute Gasteiger partial charge is 0.253 e. The highest BCUT2D eigenvalue weighted by Crippen LogP contribution is 2.49. The minimum atomic E-state index is -1.21. The third kappa shape index (κ3) is 4.26. The van der Waals surface area contributed by atoms with Gasteiger partial charge in [-0.05, 0) is 50.0 Å². The van der Waals surface area contributed by atoms with Gasteiger partial charge in [0.15, 0.2) is 5.13 Å². The number of fused-ring (bicyclic) bond motifs is 1. The van der Waals surface area contributed by atoms with Gasteiger partial charge in [0.2, 0.25) is 5.91 Å². The maximum absolute atomic E-state index is 12.1. The quantitative estimate of drug-likeness (QED) is 0.702. The monoisotopic (exact) mass is 420 g/mol. The van der Waals surface area contributed by atoms with Crippen molar-refractivity contribution in [2.24, 2.45) is 11.8 Å². The fraction of sp³-hybridized carbons (Fsp3) is 0.526. The lowest BCUT2D eigenvalue weighted by atomic mass is 9.62. The summed E-state index contributed by atoms with van der Waals surface area (Å²) < 4.78 is 12.8. The SMILES string of the molecule is C[S+]([O-])n1ccc(C(=O)NCC(=O)Nc2nc(C3CCC4CCC4C3)cs2)c1. The fourth-order valence-corrected chi connectivity index (χ4v) is 5.43. The van der Waals surface area contributed by atoms with Crippen LogP contribution in [0.15, 0.2) is 23.8 Å². The zero-order valence-corrected chi connectivity index (χ0v) is 17.4. The number of nitrogens with zero attached hydrogens (tertiary/aromatic N) is 2. The Kier molecular flexibility index (Phi) is 5.75. The first-order chi connectivity index (χ1) is 13.5. The summed E-state index contributed by atoms with van der Waals surface area (Å²) in [6.07, 6.45) is 11.0. The Hall–Kier alpha value is -1.84. The first-order valence-corrected chi connectivity index (χ1v) is 11.9. The molecule has 4 rings (SSSR count). The number of rotatable bonds is 6. The van der Waals surface area contributed by atoms with E-state index in [4.69, 9.17) is 0 Å². The Morgan fingerprint density at radius 1 is 1.32 bits per heavy atom. The molecule has 2 aromatic heterocycles. The van der Waals surface area contributed by atoms with E-state index in [1.165, 1.54) is 59.9 Å². The molecule has 2 aliphatic carbocycles. The largest absolute Gasteiger partial charge is 0.593 e. The van der Waals surface area contributed by atoms with Crippen LogP contribution in [-0.2, 0) is 16.2 Å². The predicted octanol–water partition coefficient (Wildman–Crippen LogP) is 2.75. The van der Waals surface area contributed by atoms with Gasteiger partial charge in [-0.3, -0.25) is 9.59 Å². The first kappa shape index (κ1) is 19.5. The molecule has 2 aromatic rings. The van der Waals surface area contributed by atoms with E-state index >= 15 is 0 Å². The average molecular weight is 421 g/mol. The molecule has 2 amide bonds. The van der Waals surface area contributed by atoms with E-state index in [2.05, 4.69) is 15.6 Å². The maximum Gasteiger partial charge on any atom is 0.253 e. The van der Waals surface area contributed by atoms with Gasteiger partial charge in [0.25, 0.3) is 5.91 Å². The van der Waals surface area contributed by atoms with Gasteiger partial charge in [0, 0.05) is 11.3 Å². The molecule has 0 spiro atoms. The summed E-state index contributed by atoms with van der Waals surface area (Å²) in [5.74, 6) is 1.63. The lowest BCUT2D eigenvalue weighted by Gasteiger charge is -2.43. The van der Waals surface area contributed by atoms with E-state index in [1.54, 1.807) is 12.3 Å². The number of amides is 2. The Morgan fingerprint density at radius 3 is 2.79 bits per heavy atom. The van der Waals surface area contributed by atoms with Crippen LogP contribution in [0.3, 0.4) is 0 Å². The van der Waals surface area contributed by atoms with Crippen molar-refractivity contribution in [3.63, 3.8) is 0 Å². The summed E-state index contributed by atoms with van der Waals surface area (Å²) >= 11 is 0.222. The zero-order valence-electron chi connectivity index (χ0n) is 15.7. The summed E-state index contributed by atoms with van der Waals surface area (Å²) in [4.78, 5) is 28.8. The van der Waals surface area contributed by atoms with Crippen LogP contribution < -0.4 is 10.6 Å². The molecule has 150 valence electrons. The van der Waals surface area contributed by atoms with Gasteiger partial charge in [0.05, 0.1) is 41.6 Å². The van der Waals surface area contributed by atoms with Crippen molar-refractivity contribution in [1.29, 1.82) is 0 Å². The third-order valence-corrected chi connectivity index (χ3v) is 7.47. The Balaban J connectivity index is 1.26. The summed E-state index contributed by atoms with van der Waals surface area (Å²) in [6.45, 7) is -0.138. The molecule has 2 fully saturated rings. The number of hydrogen-bond acceptors (Lipinski definition) is 5. The van der Waals surface area contributed by atoms with Gasteiger partial charge in [-0.15, -0.1) is 11.3 Å². The molecule has 7 nitrogen and oxygen atoms in total. The Bertz CT molecular complexity index is 863. The molecule has 0 aromatic carbocycles. The molecular weight excluding hydrogens is 396 g/mol. The van der Waals surface area contributed by atoms with Gasteiger partial charge in [-0.1, -0.05) is 0 Å². The molecule has 4 unspecified atom stereocenters. The molecule has 28 heavy (non-hydrogen) atoms. The minimum absolute atomic E-state index is 0.138. The van der Waals surface area contributed by atoms with Crippen LogP contribution in [-0.4, -0.2) is 38.1 Å². The summed E-state index contributed by atoms with van der Waals surface area (Å²) in [5, 5.41) is 7.97.